The monoisotopic (exact) mass is 252 g/mol. The van der Waals surface area contributed by atoms with Crippen molar-refractivity contribution in [3.8, 4) is 6.07 Å². The highest BCUT2D eigenvalue weighted by Gasteiger charge is 2.45. The van der Waals surface area contributed by atoms with Gasteiger partial charge >= 0.3 is 0 Å². The molecule has 0 aromatic carbocycles. The minimum Gasteiger partial charge on any atom is -0.301 e. The van der Waals surface area contributed by atoms with E-state index in [0.29, 0.717) is 17.5 Å². The standard InChI is InChI=1S/C12H17ClN4/c1-8-11(13)9(2)17(16-8)7-12(6-14,15-3)10-4-5-10/h10,15H,4-5,7H2,1-3H3. The summed E-state index contributed by atoms with van der Waals surface area (Å²) in [4.78, 5) is 0. The summed E-state index contributed by atoms with van der Waals surface area (Å²) in [7, 11) is 1.84. The molecule has 17 heavy (non-hydrogen) atoms. The van der Waals surface area contributed by atoms with Crippen LogP contribution in [-0.2, 0) is 6.54 Å². The van der Waals surface area contributed by atoms with Crippen LogP contribution in [0, 0.1) is 31.1 Å². The summed E-state index contributed by atoms with van der Waals surface area (Å²) in [5.41, 5.74) is 1.25. The molecule has 1 heterocycles. The van der Waals surface area contributed by atoms with Crippen LogP contribution in [0.3, 0.4) is 0 Å². The van der Waals surface area contributed by atoms with E-state index in [0.717, 1.165) is 24.2 Å². The van der Waals surface area contributed by atoms with Gasteiger partial charge in [-0.1, -0.05) is 11.6 Å². The van der Waals surface area contributed by atoms with E-state index in [4.69, 9.17) is 11.6 Å². The third-order valence-electron chi connectivity index (χ3n) is 3.61. The first kappa shape index (κ1) is 12.4. The van der Waals surface area contributed by atoms with E-state index >= 15 is 0 Å². The predicted molar refractivity (Wildman–Crippen MR) is 66.8 cm³/mol. The number of nitriles is 1. The quantitative estimate of drug-likeness (QED) is 0.892. The van der Waals surface area contributed by atoms with Gasteiger partial charge < -0.3 is 5.32 Å². The summed E-state index contributed by atoms with van der Waals surface area (Å²) >= 11 is 6.12. The highest BCUT2D eigenvalue weighted by atomic mass is 35.5. The first-order valence-corrected chi connectivity index (χ1v) is 6.21. The highest BCUT2D eigenvalue weighted by Crippen LogP contribution is 2.40. The molecule has 1 aromatic rings. The second-order valence-corrected chi connectivity index (χ2v) is 5.13. The Kier molecular flexibility index (Phi) is 3.15. The van der Waals surface area contributed by atoms with Gasteiger partial charge in [-0.2, -0.15) is 10.4 Å². The summed E-state index contributed by atoms with van der Waals surface area (Å²) in [6.07, 6.45) is 2.23. The third kappa shape index (κ3) is 2.05. The average Bonchev–Trinajstić information content (AvgIpc) is 3.14. The number of hydrogen-bond acceptors (Lipinski definition) is 3. The number of halogens is 1. The maximum Gasteiger partial charge on any atom is 0.129 e. The zero-order valence-electron chi connectivity index (χ0n) is 10.4. The van der Waals surface area contributed by atoms with Gasteiger partial charge in [0.2, 0.25) is 0 Å². The van der Waals surface area contributed by atoms with Gasteiger partial charge in [-0.25, -0.2) is 0 Å². The Labute approximate surface area is 107 Å². The summed E-state index contributed by atoms with van der Waals surface area (Å²) in [5, 5.41) is 17.7. The minimum absolute atomic E-state index is 0.431. The van der Waals surface area contributed by atoms with Crippen LogP contribution in [0.5, 0.6) is 0 Å². The van der Waals surface area contributed by atoms with Crippen LogP contribution in [-0.4, -0.2) is 22.4 Å². The SMILES string of the molecule is CNC(C#N)(Cn1nc(C)c(Cl)c1C)C1CC1. The first-order chi connectivity index (χ1) is 8.04. The molecule has 5 heteroatoms. The average molecular weight is 253 g/mol. The Bertz CT molecular complexity index is 470. The van der Waals surface area contributed by atoms with E-state index in [2.05, 4.69) is 16.5 Å². The van der Waals surface area contributed by atoms with Gasteiger partial charge in [-0.15, -0.1) is 0 Å². The zero-order chi connectivity index (χ0) is 12.6. The summed E-state index contributed by atoms with van der Waals surface area (Å²) in [6, 6.07) is 2.42. The lowest BCUT2D eigenvalue weighted by Crippen LogP contribution is -2.48. The van der Waals surface area contributed by atoms with E-state index in [1.807, 2.05) is 25.6 Å². The molecule has 0 spiro atoms. The number of aryl methyl sites for hydroxylation is 1. The molecule has 1 atom stereocenters. The Morgan fingerprint density at radius 2 is 2.24 bits per heavy atom. The van der Waals surface area contributed by atoms with Gasteiger partial charge in [0, 0.05) is 0 Å². The van der Waals surface area contributed by atoms with Gasteiger partial charge in [0.05, 0.1) is 29.0 Å². The van der Waals surface area contributed by atoms with Crippen molar-refractivity contribution in [3.63, 3.8) is 0 Å². The Balaban J connectivity index is 2.30. The number of aromatic nitrogens is 2. The molecule has 1 N–H and O–H groups in total. The molecular formula is C12H17ClN4. The molecule has 0 aliphatic heterocycles. The maximum atomic E-state index is 9.43. The van der Waals surface area contributed by atoms with Crippen molar-refractivity contribution in [1.29, 1.82) is 5.26 Å². The molecule has 1 saturated carbocycles. The van der Waals surface area contributed by atoms with Gasteiger partial charge in [0.15, 0.2) is 0 Å². The molecule has 1 aliphatic rings. The molecule has 1 aromatic heterocycles. The third-order valence-corrected chi connectivity index (χ3v) is 4.16. The smallest absolute Gasteiger partial charge is 0.129 e. The van der Waals surface area contributed by atoms with Crippen molar-refractivity contribution in [2.75, 3.05) is 7.05 Å². The molecule has 1 unspecified atom stereocenters. The van der Waals surface area contributed by atoms with Gasteiger partial charge in [0.25, 0.3) is 0 Å². The Morgan fingerprint density at radius 3 is 2.59 bits per heavy atom. The molecule has 1 aliphatic carbocycles. The van der Waals surface area contributed by atoms with E-state index in [9.17, 15) is 5.26 Å². The zero-order valence-corrected chi connectivity index (χ0v) is 11.2. The Morgan fingerprint density at radius 1 is 1.59 bits per heavy atom. The lowest BCUT2D eigenvalue weighted by molar-refractivity contribution is 0.322. The number of nitrogens with zero attached hydrogens (tertiary/aromatic N) is 3. The van der Waals surface area contributed by atoms with E-state index < -0.39 is 5.54 Å². The van der Waals surface area contributed by atoms with Crippen LogP contribution in [0.15, 0.2) is 0 Å². The second-order valence-electron chi connectivity index (χ2n) is 4.75. The first-order valence-electron chi connectivity index (χ1n) is 5.83. The van der Waals surface area contributed by atoms with Crippen LogP contribution >= 0.6 is 11.6 Å². The van der Waals surface area contributed by atoms with Crippen LogP contribution in [0.1, 0.15) is 24.2 Å². The lowest BCUT2D eigenvalue weighted by Gasteiger charge is -2.26. The topological polar surface area (TPSA) is 53.6 Å². The normalized spacial score (nSPS) is 18.8. The molecule has 92 valence electrons. The second kappa shape index (κ2) is 4.32. The van der Waals surface area contributed by atoms with Gasteiger partial charge in [0.1, 0.15) is 5.54 Å². The predicted octanol–water partition coefficient (Wildman–Crippen LogP) is 2.05. The fourth-order valence-corrected chi connectivity index (χ4v) is 2.37. The number of nitrogens with one attached hydrogen (secondary N) is 1. The summed E-state index contributed by atoms with van der Waals surface area (Å²) < 4.78 is 1.84. The fourth-order valence-electron chi connectivity index (χ4n) is 2.24. The number of likely N-dealkylation sites (N-methyl/N-ethyl adjacent to an activating group) is 1. The van der Waals surface area contributed by atoms with Crippen molar-refractivity contribution in [2.24, 2.45) is 5.92 Å². The molecule has 0 radical (unpaired) electrons. The largest absolute Gasteiger partial charge is 0.301 e. The van der Waals surface area contributed by atoms with Gasteiger partial charge in [-0.05, 0) is 39.7 Å². The molecular weight excluding hydrogens is 236 g/mol. The molecule has 0 amide bonds. The fraction of sp³-hybridized carbons (Fsp3) is 0.667. The van der Waals surface area contributed by atoms with E-state index in [1.54, 1.807) is 0 Å². The molecule has 0 bridgehead atoms. The van der Waals surface area contributed by atoms with E-state index in [1.165, 1.54) is 0 Å². The molecule has 1 fully saturated rings. The van der Waals surface area contributed by atoms with Crippen LogP contribution in [0.2, 0.25) is 5.02 Å². The minimum atomic E-state index is -0.507. The van der Waals surface area contributed by atoms with Crippen LogP contribution < -0.4 is 5.32 Å². The summed E-state index contributed by atoms with van der Waals surface area (Å²) in [6.45, 7) is 4.38. The molecule has 4 nitrogen and oxygen atoms in total. The van der Waals surface area contributed by atoms with Crippen LogP contribution in [0.4, 0.5) is 0 Å². The van der Waals surface area contributed by atoms with E-state index in [-0.39, 0.29) is 0 Å². The number of hydrogen-bond donors (Lipinski definition) is 1. The summed E-state index contributed by atoms with van der Waals surface area (Å²) in [5.74, 6) is 0.431. The molecule has 2 rings (SSSR count). The van der Waals surface area contributed by atoms with Gasteiger partial charge in [-0.3, -0.25) is 4.68 Å². The molecule has 0 saturated heterocycles. The Hall–Kier alpha value is -1.05. The van der Waals surface area contributed by atoms with Crippen molar-refractivity contribution >= 4 is 11.6 Å². The van der Waals surface area contributed by atoms with Crippen molar-refractivity contribution in [3.05, 3.63) is 16.4 Å². The van der Waals surface area contributed by atoms with Crippen LogP contribution in [0.25, 0.3) is 0 Å². The van der Waals surface area contributed by atoms with Crippen molar-refractivity contribution in [2.45, 2.75) is 38.8 Å². The van der Waals surface area contributed by atoms with Crippen molar-refractivity contribution < 1.29 is 0 Å². The number of rotatable bonds is 4. The van der Waals surface area contributed by atoms with Crippen molar-refractivity contribution in [1.82, 2.24) is 15.1 Å². The maximum absolute atomic E-state index is 9.43. The lowest BCUT2D eigenvalue weighted by atomic mass is 9.95. The highest BCUT2D eigenvalue weighted by molar-refractivity contribution is 6.31.